The molecule has 0 atom stereocenters. The molecule has 0 rings (SSSR count). The predicted octanol–water partition coefficient (Wildman–Crippen LogP) is -1.01. The summed E-state index contributed by atoms with van der Waals surface area (Å²) in [6, 6.07) is 0. The van der Waals surface area contributed by atoms with E-state index in [0.717, 1.165) is 10.7 Å². The van der Waals surface area contributed by atoms with Gasteiger partial charge in [-0.15, -0.1) is 0 Å². The van der Waals surface area contributed by atoms with Gasteiger partial charge >= 0.3 is 5.97 Å². The van der Waals surface area contributed by atoms with E-state index in [9.17, 15) is 18.0 Å². The number of hydrogen-bond acceptors (Lipinski definition) is 4. The van der Waals surface area contributed by atoms with E-state index in [-0.39, 0.29) is 6.54 Å². The zero-order chi connectivity index (χ0) is 12.8. The lowest BCUT2D eigenvalue weighted by Crippen LogP contribution is -2.41. The zero-order valence-electron chi connectivity index (χ0n) is 9.05. The third-order valence-electron chi connectivity index (χ3n) is 1.79. The van der Waals surface area contributed by atoms with Crippen molar-refractivity contribution in [2.75, 3.05) is 18.8 Å². The Morgan fingerprint density at radius 3 is 2.31 bits per heavy atom. The van der Waals surface area contributed by atoms with Crippen molar-refractivity contribution < 1.29 is 23.1 Å². The largest absolute Gasteiger partial charge is 0.480 e. The van der Waals surface area contributed by atoms with Crippen molar-refractivity contribution in [1.29, 1.82) is 0 Å². The van der Waals surface area contributed by atoms with Crippen molar-refractivity contribution in [3.05, 3.63) is 0 Å². The Morgan fingerprint density at radius 2 is 1.94 bits per heavy atom. The van der Waals surface area contributed by atoms with Crippen LogP contribution in [0.5, 0.6) is 0 Å². The van der Waals surface area contributed by atoms with E-state index < -0.39 is 34.2 Å². The first-order valence-corrected chi connectivity index (χ1v) is 6.38. The van der Waals surface area contributed by atoms with Crippen LogP contribution in [0.25, 0.3) is 0 Å². The highest BCUT2D eigenvalue weighted by Gasteiger charge is 2.25. The molecule has 0 aromatic heterocycles. The van der Waals surface area contributed by atoms with Gasteiger partial charge in [-0.3, -0.25) is 9.59 Å². The van der Waals surface area contributed by atoms with E-state index in [1.807, 2.05) is 6.92 Å². The molecule has 0 radical (unpaired) electrons. The normalized spacial score (nSPS) is 11.6. The number of carboxylic acid groups (broad SMARTS) is 1. The van der Waals surface area contributed by atoms with Crippen LogP contribution in [-0.4, -0.2) is 48.5 Å². The smallest absolute Gasteiger partial charge is 0.320 e. The minimum Gasteiger partial charge on any atom is -0.480 e. The Hall–Kier alpha value is -1.15. The Morgan fingerprint density at radius 1 is 1.38 bits per heavy atom. The average Bonchev–Trinajstić information content (AvgIpc) is 2.09. The van der Waals surface area contributed by atoms with Crippen molar-refractivity contribution in [3.63, 3.8) is 0 Å². The molecule has 0 saturated carbocycles. The van der Waals surface area contributed by atoms with Gasteiger partial charge in [-0.05, 0) is 6.42 Å². The number of nitrogens with zero attached hydrogens (tertiary/aromatic N) is 1. The summed E-state index contributed by atoms with van der Waals surface area (Å²) in [5.74, 6) is -3.28. The van der Waals surface area contributed by atoms with Gasteiger partial charge in [-0.2, -0.15) is 4.31 Å². The number of aliphatic carboxylic acids is 1. The molecule has 0 heterocycles. The number of primary amides is 1. The van der Waals surface area contributed by atoms with E-state index >= 15 is 0 Å². The molecule has 0 unspecified atom stereocenters. The van der Waals surface area contributed by atoms with Crippen LogP contribution in [0, 0.1) is 0 Å². The molecule has 3 N–H and O–H groups in total. The lowest BCUT2D eigenvalue weighted by Gasteiger charge is -2.19. The maximum absolute atomic E-state index is 11.5. The van der Waals surface area contributed by atoms with Crippen LogP contribution in [0.3, 0.4) is 0 Å². The first-order valence-electron chi connectivity index (χ1n) is 4.77. The summed E-state index contributed by atoms with van der Waals surface area (Å²) in [7, 11) is -3.96. The molecule has 0 aromatic carbocycles. The SMILES string of the molecule is CCCCN(CC(N)=O)S(=O)(=O)CC(=O)O. The molecule has 16 heavy (non-hydrogen) atoms. The Labute approximate surface area is 94.3 Å². The van der Waals surface area contributed by atoms with Crippen molar-refractivity contribution in [1.82, 2.24) is 4.31 Å². The van der Waals surface area contributed by atoms with E-state index in [1.165, 1.54) is 0 Å². The van der Waals surface area contributed by atoms with Gasteiger partial charge in [-0.1, -0.05) is 13.3 Å². The fourth-order valence-corrected chi connectivity index (χ4v) is 2.30. The monoisotopic (exact) mass is 252 g/mol. The molecule has 0 spiro atoms. The Bertz CT molecular complexity index is 351. The number of unbranched alkanes of at least 4 members (excludes halogenated alkanes) is 1. The van der Waals surface area contributed by atoms with Gasteiger partial charge in [0.15, 0.2) is 5.75 Å². The van der Waals surface area contributed by atoms with Gasteiger partial charge in [0.2, 0.25) is 15.9 Å². The van der Waals surface area contributed by atoms with Gasteiger partial charge in [0, 0.05) is 6.54 Å². The number of carbonyl (C=O) groups is 2. The number of sulfonamides is 1. The molecule has 0 bridgehead atoms. The number of rotatable bonds is 8. The quantitative estimate of drug-likeness (QED) is 0.573. The summed E-state index contributed by atoms with van der Waals surface area (Å²) >= 11 is 0. The van der Waals surface area contributed by atoms with Gasteiger partial charge in [-0.25, -0.2) is 8.42 Å². The molecule has 8 heteroatoms. The number of amides is 1. The van der Waals surface area contributed by atoms with Crippen molar-refractivity contribution in [2.24, 2.45) is 5.73 Å². The lowest BCUT2D eigenvalue weighted by atomic mass is 10.3. The fourth-order valence-electron chi connectivity index (χ4n) is 1.07. The van der Waals surface area contributed by atoms with Crippen molar-refractivity contribution in [3.8, 4) is 0 Å². The van der Waals surface area contributed by atoms with Crippen LogP contribution < -0.4 is 5.73 Å². The van der Waals surface area contributed by atoms with Crippen LogP contribution in [-0.2, 0) is 19.6 Å². The first kappa shape index (κ1) is 14.8. The van der Waals surface area contributed by atoms with Crippen LogP contribution in [0.4, 0.5) is 0 Å². The Kier molecular flexibility index (Phi) is 5.97. The molecule has 0 aliphatic carbocycles. The molecular weight excluding hydrogens is 236 g/mol. The summed E-state index contributed by atoms with van der Waals surface area (Å²) in [5, 5.41) is 8.44. The Balaban J connectivity index is 4.71. The van der Waals surface area contributed by atoms with E-state index in [2.05, 4.69) is 0 Å². The van der Waals surface area contributed by atoms with Gasteiger partial charge in [0.1, 0.15) is 0 Å². The third-order valence-corrected chi connectivity index (χ3v) is 3.50. The molecule has 1 amide bonds. The molecule has 94 valence electrons. The summed E-state index contributed by atoms with van der Waals surface area (Å²) < 4.78 is 23.9. The number of hydrogen-bond donors (Lipinski definition) is 2. The maximum Gasteiger partial charge on any atom is 0.320 e. The van der Waals surface area contributed by atoms with Gasteiger partial charge < -0.3 is 10.8 Å². The van der Waals surface area contributed by atoms with E-state index in [1.54, 1.807) is 0 Å². The second-order valence-corrected chi connectivity index (χ2v) is 5.27. The first-order chi connectivity index (χ1) is 7.29. The standard InChI is InChI=1S/C8H16N2O5S/c1-2-3-4-10(5-7(9)11)16(14,15)6-8(12)13/h2-6H2,1H3,(H2,9,11)(H,12,13). The summed E-state index contributed by atoms with van der Waals surface area (Å²) in [4.78, 5) is 21.0. The minimum atomic E-state index is -3.96. The molecule has 0 aliphatic heterocycles. The highest BCUT2D eigenvalue weighted by Crippen LogP contribution is 2.04. The summed E-state index contributed by atoms with van der Waals surface area (Å²) in [5.41, 5.74) is 4.90. The number of carboxylic acids is 1. The van der Waals surface area contributed by atoms with Gasteiger partial charge in [0.05, 0.1) is 6.54 Å². The zero-order valence-corrected chi connectivity index (χ0v) is 9.87. The average molecular weight is 252 g/mol. The highest BCUT2D eigenvalue weighted by atomic mass is 32.2. The molecule has 7 nitrogen and oxygen atoms in total. The van der Waals surface area contributed by atoms with Gasteiger partial charge in [0.25, 0.3) is 0 Å². The maximum atomic E-state index is 11.5. The molecular formula is C8H16N2O5S. The molecule has 0 fully saturated rings. The predicted molar refractivity (Wildman–Crippen MR) is 57.1 cm³/mol. The van der Waals surface area contributed by atoms with Crippen LogP contribution in [0.15, 0.2) is 0 Å². The van der Waals surface area contributed by atoms with Crippen molar-refractivity contribution in [2.45, 2.75) is 19.8 Å². The topological polar surface area (TPSA) is 118 Å². The fraction of sp³-hybridized carbons (Fsp3) is 0.750. The third kappa shape index (κ3) is 5.66. The second kappa shape index (κ2) is 6.44. The molecule has 0 aromatic rings. The molecule has 0 saturated heterocycles. The van der Waals surface area contributed by atoms with Crippen molar-refractivity contribution >= 4 is 21.9 Å². The second-order valence-electron chi connectivity index (χ2n) is 3.30. The van der Waals surface area contributed by atoms with Crippen LogP contribution in [0.1, 0.15) is 19.8 Å². The number of nitrogens with two attached hydrogens (primary N) is 1. The van der Waals surface area contributed by atoms with E-state index in [0.29, 0.717) is 6.42 Å². The minimum absolute atomic E-state index is 0.106. The lowest BCUT2D eigenvalue weighted by molar-refractivity contribution is -0.134. The van der Waals surface area contributed by atoms with Crippen LogP contribution in [0.2, 0.25) is 0 Å². The molecule has 0 aliphatic rings. The van der Waals surface area contributed by atoms with Crippen LogP contribution >= 0.6 is 0 Å². The summed E-state index contributed by atoms with van der Waals surface area (Å²) in [6.45, 7) is 1.48. The number of carbonyl (C=O) groups excluding carboxylic acids is 1. The van der Waals surface area contributed by atoms with E-state index in [4.69, 9.17) is 10.8 Å². The summed E-state index contributed by atoms with van der Waals surface area (Å²) in [6.07, 6.45) is 1.28. The highest BCUT2D eigenvalue weighted by molar-refractivity contribution is 7.89.